The van der Waals surface area contributed by atoms with Crippen LogP contribution in [-0.2, 0) is 9.22 Å². The predicted molar refractivity (Wildman–Crippen MR) is 76.6 cm³/mol. The molecule has 17 heavy (non-hydrogen) atoms. The van der Waals surface area contributed by atoms with Gasteiger partial charge >= 0.3 is 5.97 Å². The van der Waals surface area contributed by atoms with Crippen molar-refractivity contribution in [3.05, 3.63) is 11.6 Å². The maximum absolute atomic E-state index is 12.0. The number of rotatable bonds is 5. The minimum Gasteiger partial charge on any atom is -0.515 e. The van der Waals surface area contributed by atoms with Crippen LogP contribution in [0.4, 0.5) is 0 Å². The fourth-order valence-corrected chi connectivity index (χ4v) is 7.90. The predicted octanol–water partition coefficient (Wildman–Crippen LogP) is 4.67. The van der Waals surface area contributed by atoms with E-state index < -0.39 is 8.32 Å². The molecule has 0 radical (unpaired) electrons. The van der Waals surface area contributed by atoms with Crippen LogP contribution in [0.5, 0.6) is 0 Å². The Bertz CT molecular complexity index is 269. The van der Waals surface area contributed by atoms with Gasteiger partial charge in [0, 0.05) is 5.57 Å². The summed E-state index contributed by atoms with van der Waals surface area (Å²) in [5.74, 6) is -0.129. The molecule has 0 aromatic carbocycles. The second-order valence-electron chi connectivity index (χ2n) is 5.68. The van der Waals surface area contributed by atoms with Crippen molar-refractivity contribution >= 4 is 14.3 Å². The van der Waals surface area contributed by atoms with Crippen LogP contribution in [-0.4, -0.2) is 14.3 Å². The molecule has 0 aliphatic rings. The van der Waals surface area contributed by atoms with Crippen molar-refractivity contribution in [1.82, 2.24) is 0 Å². The van der Waals surface area contributed by atoms with Crippen LogP contribution in [0.25, 0.3) is 0 Å². The van der Waals surface area contributed by atoms with E-state index in [2.05, 4.69) is 41.5 Å². The Morgan fingerprint density at radius 3 is 1.59 bits per heavy atom. The molecule has 0 rings (SSSR count). The molecule has 0 amide bonds. The van der Waals surface area contributed by atoms with Crippen LogP contribution in [0.2, 0.25) is 16.6 Å². The first kappa shape index (κ1) is 16.4. The molecular weight excluding hydrogens is 228 g/mol. The summed E-state index contributed by atoms with van der Waals surface area (Å²) in [5, 5.41) is 0. The zero-order chi connectivity index (χ0) is 13.8. The summed E-state index contributed by atoms with van der Waals surface area (Å²) < 4.78 is 6.01. The first-order chi connectivity index (χ1) is 7.70. The van der Waals surface area contributed by atoms with Gasteiger partial charge in [-0.05, 0) is 30.5 Å². The van der Waals surface area contributed by atoms with Crippen molar-refractivity contribution in [2.75, 3.05) is 0 Å². The molecule has 0 aliphatic carbocycles. The molecule has 0 aliphatic heterocycles. The Morgan fingerprint density at radius 1 is 1.00 bits per heavy atom. The van der Waals surface area contributed by atoms with Crippen molar-refractivity contribution in [3.8, 4) is 0 Å². The highest BCUT2D eigenvalue weighted by atomic mass is 28.4. The molecule has 0 bridgehead atoms. The molecule has 0 unspecified atom stereocenters. The largest absolute Gasteiger partial charge is 0.515 e. The standard InChI is InChI=1S/C14H28O2Si/c1-9-13(8)14(15)16-17(10(2)3,11(4)5)12(6)7/h9-12H,1-8H3. The Hall–Kier alpha value is -0.573. The highest BCUT2D eigenvalue weighted by molar-refractivity contribution is 6.79. The Labute approximate surface area is 108 Å². The van der Waals surface area contributed by atoms with Crippen molar-refractivity contribution in [2.24, 2.45) is 0 Å². The van der Waals surface area contributed by atoms with Crippen LogP contribution in [0.15, 0.2) is 11.6 Å². The molecular formula is C14H28O2Si. The van der Waals surface area contributed by atoms with Crippen molar-refractivity contribution < 1.29 is 9.22 Å². The maximum atomic E-state index is 12.0. The van der Waals surface area contributed by atoms with E-state index in [-0.39, 0.29) is 5.97 Å². The second kappa shape index (κ2) is 6.38. The minimum absolute atomic E-state index is 0.129. The van der Waals surface area contributed by atoms with Crippen LogP contribution < -0.4 is 0 Å². The first-order valence-corrected chi connectivity index (χ1v) is 8.70. The Balaban J connectivity index is 5.27. The van der Waals surface area contributed by atoms with Gasteiger partial charge in [0.15, 0.2) is 0 Å². The van der Waals surface area contributed by atoms with Gasteiger partial charge in [-0.1, -0.05) is 47.6 Å². The lowest BCUT2D eigenvalue weighted by atomic mass is 10.3. The third-order valence-electron chi connectivity index (χ3n) is 3.73. The lowest BCUT2D eigenvalue weighted by molar-refractivity contribution is -0.131. The van der Waals surface area contributed by atoms with Crippen LogP contribution in [0, 0.1) is 0 Å². The topological polar surface area (TPSA) is 26.3 Å². The average Bonchev–Trinajstić information content (AvgIpc) is 2.22. The lowest BCUT2D eigenvalue weighted by Crippen LogP contribution is -2.49. The van der Waals surface area contributed by atoms with Gasteiger partial charge in [0.25, 0.3) is 8.32 Å². The quantitative estimate of drug-likeness (QED) is 0.528. The third-order valence-corrected chi connectivity index (χ3v) is 9.68. The smallest absolute Gasteiger partial charge is 0.320 e. The first-order valence-electron chi connectivity index (χ1n) is 6.56. The minimum atomic E-state index is -2.06. The summed E-state index contributed by atoms with van der Waals surface area (Å²) in [4.78, 5) is 12.0. The summed E-state index contributed by atoms with van der Waals surface area (Å²) in [6, 6.07) is 0. The average molecular weight is 256 g/mol. The van der Waals surface area contributed by atoms with Gasteiger partial charge in [0.05, 0.1) is 0 Å². The lowest BCUT2D eigenvalue weighted by Gasteiger charge is -2.41. The van der Waals surface area contributed by atoms with E-state index in [0.717, 1.165) is 0 Å². The fourth-order valence-electron chi connectivity index (χ4n) is 2.71. The van der Waals surface area contributed by atoms with Gasteiger partial charge in [0.2, 0.25) is 0 Å². The van der Waals surface area contributed by atoms with Gasteiger partial charge in [-0.3, -0.25) is 0 Å². The summed E-state index contributed by atoms with van der Waals surface area (Å²) in [6.45, 7) is 16.8. The van der Waals surface area contributed by atoms with E-state index in [1.54, 1.807) is 0 Å². The molecule has 0 saturated carbocycles. The van der Waals surface area contributed by atoms with E-state index in [4.69, 9.17) is 4.43 Å². The van der Waals surface area contributed by atoms with Gasteiger partial charge in [0.1, 0.15) is 0 Å². The molecule has 0 fully saturated rings. The molecule has 0 atom stereocenters. The molecule has 2 nitrogen and oxygen atoms in total. The van der Waals surface area contributed by atoms with E-state index in [0.29, 0.717) is 22.2 Å². The van der Waals surface area contributed by atoms with Gasteiger partial charge in [-0.15, -0.1) is 0 Å². The second-order valence-corrected chi connectivity index (χ2v) is 11.1. The number of hydrogen-bond donors (Lipinski definition) is 0. The van der Waals surface area contributed by atoms with Crippen LogP contribution >= 0.6 is 0 Å². The van der Waals surface area contributed by atoms with E-state index in [1.165, 1.54) is 0 Å². The van der Waals surface area contributed by atoms with Crippen LogP contribution in [0.1, 0.15) is 55.4 Å². The summed E-state index contributed by atoms with van der Waals surface area (Å²) in [6.07, 6.45) is 1.82. The molecule has 0 aromatic rings. The molecule has 0 saturated heterocycles. The van der Waals surface area contributed by atoms with Crippen molar-refractivity contribution in [1.29, 1.82) is 0 Å². The fraction of sp³-hybridized carbons (Fsp3) is 0.786. The highest BCUT2D eigenvalue weighted by Gasteiger charge is 2.48. The van der Waals surface area contributed by atoms with Gasteiger partial charge in [-0.2, -0.15) is 0 Å². The summed E-state index contributed by atoms with van der Waals surface area (Å²) in [7, 11) is -2.06. The number of carbonyl (C=O) groups is 1. The Kier molecular flexibility index (Phi) is 6.17. The van der Waals surface area contributed by atoms with E-state index in [1.807, 2.05) is 19.9 Å². The zero-order valence-corrected chi connectivity index (χ0v) is 13.6. The summed E-state index contributed by atoms with van der Waals surface area (Å²) >= 11 is 0. The normalized spacial score (nSPS) is 13.7. The van der Waals surface area contributed by atoms with Gasteiger partial charge < -0.3 is 4.43 Å². The maximum Gasteiger partial charge on any atom is 0.320 e. The van der Waals surface area contributed by atoms with E-state index >= 15 is 0 Å². The van der Waals surface area contributed by atoms with Gasteiger partial charge in [-0.25, -0.2) is 4.79 Å². The van der Waals surface area contributed by atoms with E-state index in [9.17, 15) is 4.79 Å². The number of hydrogen-bond acceptors (Lipinski definition) is 2. The monoisotopic (exact) mass is 256 g/mol. The van der Waals surface area contributed by atoms with Crippen molar-refractivity contribution in [2.45, 2.75) is 72.0 Å². The number of allylic oxidation sites excluding steroid dienone is 1. The molecule has 0 N–H and O–H groups in total. The van der Waals surface area contributed by atoms with Crippen LogP contribution in [0.3, 0.4) is 0 Å². The zero-order valence-electron chi connectivity index (χ0n) is 12.6. The summed E-state index contributed by atoms with van der Waals surface area (Å²) in [5.41, 5.74) is 2.03. The highest BCUT2D eigenvalue weighted by Crippen LogP contribution is 2.42. The number of carbonyl (C=O) groups excluding carboxylic acids is 1. The molecule has 0 heterocycles. The molecule has 3 heteroatoms. The molecule has 0 aromatic heterocycles. The molecule has 100 valence electrons. The Morgan fingerprint density at radius 2 is 1.35 bits per heavy atom. The SMILES string of the molecule is CC=C(C)C(=O)O[Si](C(C)C)(C(C)C)C(C)C. The molecule has 0 spiro atoms. The third kappa shape index (κ3) is 3.44. The van der Waals surface area contributed by atoms with Crippen molar-refractivity contribution in [3.63, 3.8) is 0 Å².